The minimum Gasteiger partial charge on any atom is -0.302 e. The number of hydrogen-bond acceptors (Lipinski definition) is 2. The molecule has 0 heterocycles. The van der Waals surface area contributed by atoms with Gasteiger partial charge in [-0.05, 0) is 18.8 Å². The second-order valence-corrected chi connectivity index (χ2v) is 3.46. The molecule has 2 heteroatoms. The molecule has 1 saturated carbocycles. The Morgan fingerprint density at radius 3 is 2.73 bits per heavy atom. The number of nitriles is 1. The summed E-state index contributed by atoms with van der Waals surface area (Å²) in [6, 6.07) is 2.14. The van der Waals surface area contributed by atoms with E-state index in [1.165, 1.54) is 0 Å². The second-order valence-electron chi connectivity index (χ2n) is 3.46. The Hall–Kier alpha value is -1.10. The quantitative estimate of drug-likeness (QED) is 0.414. The molecule has 2 bridgehead atoms. The molecular weight excluding hydrogens is 138 g/mol. The van der Waals surface area contributed by atoms with Gasteiger partial charge in [0.15, 0.2) is 0 Å². The summed E-state index contributed by atoms with van der Waals surface area (Å²) in [5.74, 6) is 0.694. The maximum absolute atomic E-state index is 10.7. The standard InChI is InChI=1S/C9H9NO/c10-5-9(6-11)4-7-1-2-8(9)3-7/h1-2,6-8H,3-4H2. The molecule has 0 aliphatic heterocycles. The highest BCUT2D eigenvalue weighted by molar-refractivity contribution is 5.67. The van der Waals surface area contributed by atoms with Gasteiger partial charge in [0.25, 0.3) is 0 Å². The summed E-state index contributed by atoms with van der Waals surface area (Å²) < 4.78 is 0. The first-order valence-electron chi connectivity index (χ1n) is 3.86. The molecule has 2 aliphatic rings. The third-order valence-corrected chi connectivity index (χ3v) is 2.85. The van der Waals surface area contributed by atoms with Crippen LogP contribution in [0.15, 0.2) is 12.2 Å². The van der Waals surface area contributed by atoms with Crippen LogP contribution in [0.3, 0.4) is 0 Å². The van der Waals surface area contributed by atoms with Crippen molar-refractivity contribution in [3.05, 3.63) is 12.2 Å². The summed E-state index contributed by atoms with van der Waals surface area (Å²) in [5.41, 5.74) is -0.667. The Morgan fingerprint density at radius 2 is 2.45 bits per heavy atom. The van der Waals surface area contributed by atoms with Crippen molar-refractivity contribution in [3.63, 3.8) is 0 Å². The first kappa shape index (κ1) is 6.60. The van der Waals surface area contributed by atoms with E-state index in [4.69, 9.17) is 5.26 Å². The highest BCUT2D eigenvalue weighted by atomic mass is 16.1. The fraction of sp³-hybridized carbons (Fsp3) is 0.556. The van der Waals surface area contributed by atoms with Gasteiger partial charge < -0.3 is 4.79 Å². The number of carbonyl (C=O) groups excluding carboxylic acids is 1. The van der Waals surface area contributed by atoms with Crippen LogP contribution in [-0.4, -0.2) is 6.29 Å². The van der Waals surface area contributed by atoms with Crippen LogP contribution >= 0.6 is 0 Å². The second kappa shape index (κ2) is 1.94. The van der Waals surface area contributed by atoms with Crippen molar-refractivity contribution in [2.45, 2.75) is 12.8 Å². The summed E-state index contributed by atoms with van der Waals surface area (Å²) in [6.45, 7) is 0. The van der Waals surface area contributed by atoms with Gasteiger partial charge in [0.1, 0.15) is 11.7 Å². The Morgan fingerprint density at radius 1 is 1.64 bits per heavy atom. The van der Waals surface area contributed by atoms with Crippen LogP contribution < -0.4 is 0 Å². The third kappa shape index (κ3) is 0.683. The fourth-order valence-electron chi connectivity index (χ4n) is 2.18. The van der Waals surface area contributed by atoms with Crippen LogP contribution in [0.4, 0.5) is 0 Å². The molecule has 0 aromatic carbocycles. The Balaban J connectivity index is 2.37. The molecule has 0 spiro atoms. The Kier molecular flexibility index (Phi) is 1.17. The van der Waals surface area contributed by atoms with Gasteiger partial charge in [-0.15, -0.1) is 0 Å². The molecule has 0 aromatic rings. The lowest BCUT2D eigenvalue weighted by atomic mass is 9.79. The first-order chi connectivity index (χ1) is 5.30. The topological polar surface area (TPSA) is 40.9 Å². The maximum atomic E-state index is 10.7. The average Bonchev–Trinajstić information content (AvgIpc) is 2.62. The largest absolute Gasteiger partial charge is 0.302 e. The summed E-state index contributed by atoms with van der Waals surface area (Å²) >= 11 is 0. The molecule has 2 nitrogen and oxygen atoms in total. The smallest absolute Gasteiger partial charge is 0.140 e. The van der Waals surface area contributed by atoms with Crippen LogP contribution in [0.2, 0.25) is 0 Å². The van der Waals surface area contributed by atoms with Crippen molar-refractivity contribution in [1.29, 1.82) is 5.26 Å². The van der Waals surface area contributed by atoms with Crippen molar-refractivity contribution in [1.82, 2.24) is 0 Å². The zero-order chi connectivity index (χ0) is 7.90. The highest BCUT2D eigenvalue weighted by Crippen LogP contribution is 2.50. The third-order valence-electron chi connectivity index (χ3n) is 2.85. The van der Waals surface area contributed by atoms with Gasteiger partial charge in [-0.2, -0.15) is 5.26 Å². The van der Waals surface area contributed by atoms with Crippen LogP contribution in [0, 0.1) is 28.6 Å². The van der Waals surface area contributed by atoms with E-state index >= 15 is 0 Å². The van der Waals surface area contributed by atoms with E-state index in [1.807, 2.05) is 6.08 Å². The number of allylic oxidation sites excluding steroid dienone is 2. The molecule has 0 N–H and O–H groups in total. The molecule has 0 saturated heterocycles. The number of nitrogens with zero attached hydrogens (tertiary/aromatic N) is 1. The van der Waals surface area contributed by atoms with Crippen molar-refractivity contribution < 1.29 is 4.79 Å². The summed E-state index contributed by atoms with van der Waals surface area (Å²) in [7, 11) is 0. The number of hydrogen-bond donors (Lipinski definition) is 0. The van der Waals surface area contributed by atoms with E-state index in [1.54, 1.807) is 0 Å². The number of rotatable bonds is 1. The van der Waals surface area contributed by atoms with Gasteiger partial charge in [-0.1, -0.05) is 12.2 Å². The van der Waals surface area contributed by atoms with Gasteiger partial charge in [-0.25, -0.2) is 0 Å². The molecular formula is C9H9NO. The molecule has 2 rings (SSSR count). The van der Waals surface area contributed by atoms with E-state index in [-0.39, 0.29) is 5.92 Å². The van der Waals surface area contributed by atoms with E-state index in [9.17, 15) is 4.79 Å². The van der Waals surface area contributed by atoms with Gasteiger partial charge in [0.2, 0.25) is 0 Å². The Labute approximate surface area is 65.5 Å². The molecule has 3 atom stereocenters. The van der Waals surface area contributed by atoms with E-state index in [2.05, 4.69) is 12.1 Å². The predicted octanol–water partition coefficient (Wildman–Crippen LogP) is 1.29. The van der Waals surface area contributed by atoms with E-state index < -0.39 is 5.41 Å². The summed E-state index contributed by atoms with van der Waals surface area (Å²) in [6.07, 6.45) is 6.73. The Bertz CT molecular complexity index is 263. The van der Waals surface area contributed by atoms with Gasteiger partial charge >= 0.3 is 0 Å². The predicted molar refractivity (Wildman–Crippen MR) is 39.5 cm³/mol. The van der Waals surface area contributed by atoms with Gasteiger partial charge in [-0.3, -0.25) is 0 Å². The molecule has 2 aliphatic carbocycles. The zero-order valence-electron chi connectivity index (χ0n) is 6.16. The summed E-state index contributed by atoms with van der Waals surface area (Å²) in [4.78, 5) is 10.7. The minimum atomic E-state index is -0.667. The summed E-state index contributed by atoms with van der Waals surface area (Å²) in [5, 5.41) is 8.82. The normalized spacial score (nSPS) is 45.7. The van der Waals surface area contributed by atoms with Crippen molar-refractivity contribution in [2.75, 3.05) is 0 Å². The molecule has 11 heavy (non-hydrogen) atoms. The molecule has 56 valence electrons. The lowest BCUT2D eigenvalue weighted by molar-refractivity contribution is -0.114. The van der Waals surface area contributed by atoms with Crippen molar-refractivity contribution in [2.24, 2.45) is 17.3 Å². The average molecular weight is 147 g/mol. The molecule has 1 fully saturated rings. The molecule has 3 unspecified atom stereocenters. The van der Waals surface area contributed by atoms with E-state index in [0.29, 0.717) is 5.92 Å². The van der Waals surface area contributed by atoms with Gasteiger partial charge in [0.05, 0.1) is 6.07 Å². The number of carbonyl (C=O) groups is 1. The lowest BCUT2D eigenvalue weighted by Crippen LogP contribution is -2.25. The molecule has 0 aromatic heterocycles. The number of aldehydes is 1. The SMILES string of the molecule is N#CC1(C=O)CC2C=CC1C2. The van der Waals surface area contributed by atoms with Crippen LogP contribution in [0.25, 0.3) is 0 Å². The monoisotopic (exact) mass is 147 g/mol. The maximum Gasteiger partial charge on any atom is 0.140 e. The number of fused-ring (bicyclic) bond motifs is 2. The zero-order valence-corrected chi connectivity index (χ0v) is 6.16. The van der Waals surface area contributed by atoms with E-state index in [0.717, 1.165) is 19.1 Å². The van der Waals surface area contributed by atoms with Crippen LogP contribution in [-0.2, 0) is 4.79 Å². The van der Waals surface area contributed by atoms with Crippen LogP contribution in [0.5, 0.6) is 0 Å². The highest BCUT2D eigenvalue weighted by Gasteiger charge is 2.48. The van der Waals surface area contributed by atoms with Crippen molar-refractivity contribution >= 4 is 6.29 Å². The molecule has 0 amide bonds. The minimum absolute atomic E-state index is 0.204. The van der Waals surface area contributed by atoms with Gasteiger partial charge in [0, 0.05) is 5.92 Å². The first-order valence-corrected chi connectivity index (χ1v) is 3.86. The van der Waals surface area contributed by atoms with Crippen molar-refractivity contribution in [3.8, 4) is 6.07 Å². The lowest BCUT2D eigenvalue weighted by Gasteiger charge is -2.20. The fourth-order valence-corrected chi connectivity index (χ4v) is 2.18. The molecule has 0 radical (unpaired) electrons. The van der Waals surface area contributed by atoms with Crippen LogP contribution in [0.1, 0.15) is 12.8 Å².